The SMILES string of the molecule is CC(Cl)(CCOCc1ccccc1Br)C(=O)OBr. The van der Waals surface area contributed by atoms with Crippen molar-refractivity contribution in [2.75, 3.05) is 6.61 Å². The molecule has 3 nitrogen and oxygen atoms in total. The molecule has 6 heteroatoms. The summed E-state index contributed by atoms with van der Waals surface area (Å²) in [6.45, 7) is 2.45. The second kappa shape index (κ2) is 7.48. The molecule has 18 heavy (non-hydrogen) atoms. The Balaban J connectivity index is 2.35. The molecule has 1 unspecified atom stereocenters. The van der Waals surface area contributed by atoms with E-state index in [4.69, 9.17) is 16.3 Å². The van der Waals surface area contributed by atoms with Crippen LogP contribution in [0.1, 0.15) is 18.9 Å². The van der Waals surface area contributed by atoms with E-state index < -0.39 is 10.8 Å². The van der Waals surface area contributed by atoms with Crippen LogP contribution in [-0.4, -0.2) is 17.5 Å². The highest BCUT2D eigenvalue weighted by atomic mass is 79.9. The molecule has 0 aliphatic heterocycles. The first-order valence-electron chi connectivity index (χ1n) is 5.30. The van der Waals surface area contributed by atoms with Crippen LogP contribution in [0.15, 0.2) is 28.7 Å². The Labute approximate surface area is 128 Å². The van der Waals surface area contributed by atoms with Gasteiger partial charge in [-0.1, -0.05) is 34.1 Å². The first-order valence-corrected chi connectivity index (χ1v) is 7.12. The predicted molar refractivity (Wildman–Crippen MR) is 77.7 cm³/mol. The summed E-state index contributed by atoms with van der Waals surface area (Å²) in [7, 11) is 0. The molecule has 0 aromatic heterocycles. The summed E-state index contributed by atoms with van der Waals surface area (Å²) in [6, 6.07) is 7.80. The minimum absolute atomic E-state index is 0.378. The van der Waals surface area contributed by atoms with E-state index in [1.165, 1.54) is 0 Å². The normalized spacial score (nSPS) is 14.0. The molecular formula is C12H13Br2ClO3. The Hall–Kier alpha value is -0.100. The molecule has 1 aromatic rings. The minimum atomic E-state index is -1.07. The zero-order valence-corrected chi connectivity index (χ0v) is 13.7. The van der Waals surface area contributed by atoms with Gasteiger partial charge in [0.1, 0.15) is 4.87 Å². The number of hydrogen-bond donors (Lipinski definition) is 0. The predicted octanol–water partition coefficient (Wildman–Crippen LogP) is 4.21. The van der Waals surface area contributed by atoms with Gasteiger partial charge in [-0.15, -0.1) is 11.6 Å². The Morgan fingerprint density at radius 3 is 2.72 bits per heavy atom. The maximum Gasteiger partial charge on any atom is 0.338 e. The third-order valence-corrected chi connectivity index (χ3v) is 3.84. The fraction of sp³-hybridized carbons (Fsp3) is 0.417. The molecule has 0 radical (unpaired) electrons. The van der Waals surface area contributed by atoms with E-state index in [-0.39, 0.29) is 0 Å². The Kier molecular flexibility index (Phi) is 6.63. The third kappa shape index (κ3) is 4.88. The molecule has 0 amide bonds. The van der Waals surface area contributed by atoms with Crippen LogP contribution in [0.3, 0.4) is 0 Å². The lowest BCUT2D eigenvalue weighted by Gasteiger charge is -2.17. The molecule has 0 N–H and O–H groups in total. The highest BCUT2D eigenvalue weighted by Gasteiger charge is 2.31. The molecule has 0 fully saturated rings. The van der Waals surface area contributed by atoms with Crippen molar-refractivity contribution < 1.29 is 13.4 Å². The third-order valence-electron chi connectivity index (χ3n) is 2.43. The minimum Gasteiger partial charge on any atom is -0.382 e. The van der Waals surface area contributed by atoms with Crippen molar-refractivity contribution >= 4 is 49.8 Å². The molecule has 1 atom stereocenters. The molecule has 0 aliphatic rings. The average Bonchev–Trinajstić information content (AvgIpc) is 2.35. The summed E-state index contributed by atoms with van der Waals surface area (Å²) in [6.07, 6.45) is 0.378. The molecule has 1 aromatic carbocycles. The summed E-state index contributed by atoms with van der Waals surface area (Å²) in [5.74, 6) is -0.520. The molecule has 0 saturated heterocycles. The van der Waals surface area contributed by atoms with Gasteiger partial charge >= 0.3 is 5.97 Å². The molecule has 100 valence electrons. The number of benzene rings is 1. The maximum absolute atomic E-state index is 11.3. The van der Waals surface area contributed by atoms with Crippen LogP contribution in [0, 0.1) is 0 Å². The monoisotopic (exact) mass is 398 g/mol. The Morgan fingerprint density at radius 2 is 2.11 bits per heavy atom. The lowest BCUT2D eigenvalue weighted by atomic mass is 10.1. The summed E-state index contributed by atoms with van der Waals surface area (Å²) >= 11 is 12.1. The first kappa shape index (κ1) is 16.0. The number of alkyl halides is 1. The van der Waals surface area contributed by atoms with Crippen molar-refractivity contribution in [1.82, 2.24) is 0 Å². The fourth-order valence-corrected chi connectivity index (χ4v) is 2.21. The van der Waals surface area contributed by atoms with Gasteiger partial charge in [-0.05, 0) is 18.6 Å². The van der Waals surface area contributed by atoms with Crippen LogP contribution < -0.4 is 0 Å². The van der Waals surface area contributed by atoms with Gasteiger partial charge < -0.3 is 8.57 Å². The molecule has 0 aliphatic carbocycles. The van der Waals surface area contributed by atoms with E-state index in [9.17, 15) is 4.79 Å². The lowest BCUT2D eigenvalue weighted by molar-refractivity contribution is -0.135. The zero-order chi connectivity index (χ0) is 13.6. The molecule has 1 rings (SSSR count). The molecule has 0 heterocycles. The van der Waals surface area contributed by atoms with Crippen LogP contribution in [0.25, 0.3) is 0 Å². The van der Waals surface area contributed by atoms with Crippen molar-refractivity contribution in [3.63, 3.8) is 0 Å². The Bertz CT molecular complexity index is 410. The van der Waals surface area contributed by atoms with Crippen molar-refractivity contribution in [3.05, 3.63) is 34.3 Å². The molecular weight excluding hydrogens is 387 g/mol. The standard InChI is InChI=1S/C12H13Br2ClO3/c1-12(15,11(16)18-14)6-7-17-8-9-4-2-3-5-10(9)13/h2-5H,6-8H2,1H3. The van der Waals surface area contributed by atoms with E-state index in [0.717, 1.165) is 10.0 Å². The van der Waals surface area contributed by atoms with E-state index in [1.807, 2.05) is 24.3 Å². The van der Waals surface area contributed by atoms with Crippen LogP contribution in [0.5, 0.6) is 0 Å². The summed E-state index contributed by atoms with van der Waals surface area (Å²) < 4.78 is 10.9. The maximum atomic E-state index is 11.3. The zero-order valence-electron chi connectivity index (χ0n) is 9.79. The molecule has 0 spiro atoms. The van der Waals surface area contributed by atoms with Gasteiger partial charge in [0.15, 0.2) is 16.3 Å². The quantitative estimate of drug-likeness (QED) is 0.530. The summed E-state index contributed by atoms with van der Waals surface area (Å²) in [4.78, 5) is 10.2. The second-order valence-electron chi connectivity index (χ2n) is 3.96. The van der Waals surface area contributed by atoms with E-state index in [0.29, 0.717) is 19.6 Å². The smallest absolute Gasteiger partial charge is 0.338 e. The number of rotatable bonds is 6. The van der Waals surface area contributed by atoms with Gasteiger partial charge in [0.25, 0.3) is 0 Å². The lowest BCUT2D eigenvalue weighted by Crippen LogP contribution is -2.30. The number of hydrogen-bond acceptors (Lipinski definition) is 3. The number of halogens is 3. The number of ether oxygens (including phenoxy) is 1. The van der Waals surface area contributed by atoms with Crippen LogP contribution >= 0.6 is 43.8 Å². The fourth-order valence-electron chi connectivity index (χ4n) is 1.24. The van der Waals surface area contributed by atoms with E-state index >= 15 is 0 Å². The van der Waals surface area contributed by atoms with Crippen LogP contribution in [0.4, 0.5) is 0 Å². The summed E-state index contributed by atoms with van der Waals surface area (Å²) in [5, 5.41) is 0. The summed E-state index contributed by atoms with van der Waals surface area (Å²) in [5.41, 5.74) is 1.05. The topological polar surface area (TPSA) is 35.5 Å². The van der Waals surface area contributed by atoms with Crippen molar-refractivity contribution in [2.24, 2.45) is 0 Å². The average molecular weight is 400 g/mol. The number of carbonyl (C=O) groups is 1. The molecule has 0 bridgehead atoms. The van der Waals surface area contributed by atoms with E-state index in [1.54, 1.807) is 6.92 Å². The first-order chi connectivity index (χ1) is 8.47. The molecule has 0 saturated carbocycles. The van der Waals surface area contributed by atoms with E-state index in [2.05, 4.69) is 36.0 Å². The van der Waals surface area contributed by atoms with Crippen molar-refractivity contribution in [2.45, 2.75) is 24.8 Å². The second-order valence-corrected chi connectivity index (χ2v) is 5.97. The highest BCUT2D eigenvalue weighted by Crippen LogP contribution is 2.23. The van der Waals surface area contributed by atoms with Gasteiger partial charge in [0, 0.05) is 17.5 Å². The van der Waals surface area contributed by atoms with Gasteiger partial charge in [-0.25, -0.2) is 4.79 Å². The van der Waals surface area contributed by atoms with Crippen LogP contribution in [0.2, 0.25) is 0 Å². The van der Waals surface area contributed by atoms with Crippen LogP contribution in [-0.2, 0) is 20.0 Å². The number of carbonyl (C=O) groups excluding carboxylic acids is 1. The van der Waals surface area contributed by atoms with Gasteiger partial charge in [-0.3, -0.25) is 0 Å². The highest BCUT2D eigenvalue weighted by molar-refractivity contribution is 9.10. The van der Waals surface area contributed by atoms with Gasteiger partial charge in [0.2, 0.25) is 0 Å². The largest absolute Gasteiger partial charge is 0.382 e. The van der Waals surface area contributed by atoms with Crippen molar-refractivity contribution in [1.29, 1.82) is 0 Å². The van der Waals surface area contributed by atoms with Gasteiger partial charge in [-0.2, -0.15) is 0 Å². The van der Waals surface area contributed by atoms with Crippen molar-refractivity contribution in [3.8, 4) is 0 Å². The van der Waals surface area contributed by atoms with Gasteiger partial charge in [0.05, 0.1) is 6.61 Å². The Morgan fingerprint density at radius 1 is 1.44 bits per heavy atom.